The number of benzene rings is 7. The third-order valence-electron chi connectivity index (χ3n) is 24.8. The summed E-state index contributed by atoms with van der Waals surface area (Å²) in [5, 5.41) is 42.9. The minimum absolute atomic E-state index is 0.0992. The molecule has 0 unspecified atom stereocenters. The molecule has 13 aromatic heterocycles. The highest BCUT2D eigenvalue weighted by Gasteiger charge is 2.26. The zero-order valence-electron chi connectivity index (χ0n) is 78.1. The molecule has 4 fully saturated rings. The number of aromatic nitrogens is 21. The molecule has 7 aromatic carbocycles. The number of morpholine rings is 4. The lowest BCUT2D eigenvalue weighted by atomic mass is 10.1. The Hall–Kier alpha value is -18.1. The number of aromatic amines is 8. The molecule has 0 radical (unpaired) electrons. The van der Waals surface area contributed by atoms with Gasteiger partial charge in [0.25, 0.3) is 0 Å². The zero-order chi connectivity index (χ0) is 97.3. The zero-order valence-corrected chi connectivity index (χ0v) is 78.1. The maximum Gasteiger partial charge on any atom is 0.230 e. The van der Waals surface area contributed by atoms with Crippen LogP contribution in [0.25, 0.3) is 134 Å². The normalized spacial score (nSPS) is 13.7. The van der Waals surface area contributed by atoms with E-state index in [4.69, 9.17) is 23.9 Å². The molecule has 12 N–H and O–H groups in total. The minimum atomic E-state index is -0.127. The first-order valence-corrected chi connectivity index (χ1v) is 47.4. The smallest absolute Gasteiger partial charge is 0.230 e. The number of H-pyrrole nitrogens is 8. The van der Waals surface area contributed by atoms with Gasteiger partial charge in [-0.2, -0.15) is 20.4 Å². The van der Waals surface area contributed by atoms with Crippen molar-refractivity contribution in [3.05, 3.63) is 309 Å². The van der Waals surface area contributed by atoms with Gasteiger partial charge in [0, 0.05) is 173 Å². The molecule has 0 spiro atoms. The first-order chi connectivity index (χ1) is 70.9. The number of anilines is 8. The van der Waals surface area contributed by atoms with Crippen LogP contribution < -0.4 is 40.9 Å². The number of nitrogens with one attached hydrogen (secondary N) is 12. The molecular formula is C107H99N29O8. The van der Waals surface area contributed by atoms with Crippen molar-refractivity contribution in [3.63, 3.8) is 0 Å². The third-order valence-corrected chi connectivity index (χ3v) is 24.8. The van der Waals surface area contributed by atoms with Gasteiger partial charge in [0.2, 0.25) is 23.6 Å². The van der Waals surface area contributed by atoms with Gasteiger partial charge in [0.15, 0.2) is 17.3 Å². The summed E-state index contributed by atoms with van der Waals surface area (Å²) in [6.45, 7) is 12.0. The van der Waals surface area contributed by atoms with E-state index >= 15 is 0 Å². The van der Waals surface area contributed by atoms with E-state index in [-0.39, 0.29) is 49.3 Å². The average Bonchev–Trinajstić information content (AvgIpc) is 1.65. The van der Waals surface area contributed by atoms with Gasteiger partial charge in [-0.3, -0.25) is 44.6 Å². The Labute approximate surface area is 824 Å². The fraction of sp³-hybridized carbons (Fsp3) is 0.187. The van der Waals surface area contributed by atoms with Crippen LogP contribution in [0, 0.1) is 0 Å². The second kappa shape index (κ2) is 43.5. The number of carbonyl (C=O) groups excluding carboxylic acids is 4. The molecule has 17 heterocycles. The summed E-state index contributed by atoms with van der Waals surface area (Å²) in [7, 11) is 0. The Bertz CT molecular complexity index is 6860. The van der Waals surface area contributed by atoms with Crippen molar-refractivity contribution in [2.24, 2.45) is 0 Å². The first-order valence-electron chi connectivity index (χ1n) is 47.4. The molecule has 720 valence electrons. The van der Waals surface area contributed by atoms with Crippen LogP contribution in [-0.4, -0.2) is 234 Å². The molecule has 37 heteroatoms. The molecule has 144 heavy (non-hydrogen) atoms. The maximum absolute atomic E-state index is 12.6. The van der Waals surface area contributed by atoms with Gasteiger partial charge in [-0.25, -0.2) is 39.9 Å². The van der Waals surface area contributed by atoms with E-state index in [1.807, 2.05) is 243 Å². The Morgan fingerprint density at radius 2 is 0.653 bits per heavy atom. The van der Waals surface area contributed by atoms with Gasteiger partial charge in [0.1, 0.15) is 52.6 Å². The van der Waals surface area contributed by atoms with Crippen LogP contribution in [0.4, 0.5) is 46.0 Å². The number of carbonyl (C=O) groups is 4. The monoisotopic (exact) mass is 1920 g/mol. The molecule has 0 saturated carbocycles. The summed E-state index contributed by atoms with van der Waals surface area (Å²) in [5.74, 6) is 4.60. The van der Waals surface area contributed by atoms with Crippen molar-refractivity contribution in [3.8, 4) is 90.3 Å². The van der Waals surface area contributed by atoms with Crippen molar-refractivity contribution < 1.29 is 38.1 Å². The number of amides is 4. The molecule has 20 aromatic rings. The number of pyridine rings is 3. The highest BCUT2D eigenvalue weighted by molar-refractivity contribution is 5.99. The number of imidazole rings is 2. The van der Waals surface area contributed by atoms with Crippen LogP contribution in [0.3, 0.4) is 0 Å². The van der Waals surface area contributed by atoms with Gasteiger partial charge >= 0.3 is 0 Å². The molecule has 4 aliphatic rings. The second-order valence-corrected chi connectivity index (χ2v) is 34.6. The second-order valence-electron chi connectivity index (χ2n) is 34.6. The van der Waals surface area contributed by atoms with E-state index in [9.17, 15) is 19.2 Å². The van der Waals surface area contributed by atoms with Crippen molar-refractivity contribution in [1.82, 2.24) is 106 Å². The summed E-state index contributed by atoms with van der Waals surface area (Å²) < 4.78 is 21.9. The molecule has 4 amide bonds. The first kappa shape index (κ1) is 92.3. The Morgan fingerprint density at radius 1 is 0.299 bits per heavy atom. The lowest BCUT2D eigenvalue weighted by Gasteiger charge is -2.28. The Balaban J connectivity index is 0.000000113. The molecule has 24 rings (SSSR count). The summed E-state index contributed by atoms with van der Waals surface area (Å²) in [5.41, 5.74) is 24.0. The Morgan fingerprint density at radius 3 is 1.09 bits per heavy atom. The quantitative estimate of drug-likeness (QED) is 0.0267. The maximum atomic E-state index is 12.6. The SMILES string of the molecule is O=C(Cc1cc(-c2ccccc2)n[nH]1)Nc1ccc(-c2cc3c(N4CCOCC4)nccc3[nH]2)cc1.O=C(Cc1cc(-c2ccccc2)n[nH]1)Nc1ccc(-c2cc3c(N4CCOCC4)ncnc3[nH]2)cc1.O=C(Cc1cc(-c2ccccc2)n[nH]1)Nc1ccc(-c2nc3ncnc(N4CCOCC4)c3[nH]2)cc1.O=C(Cc1cc(-c2ccncc2)n[nH]1)Nc1ccc(-c2nc3c(N4CCOCC4)nccc3[nH]2)cc1. The number of hydrogen-bond acceptors (Lipinski definition) is 25. The van der Waals surface area contributed by atoms with Crippen molar-refractivity contribution in [1.29, 1.82) is 0 Å². The van der Waals surface area contributed by atoms with Gasteiger partial charge in [-0.1, -0.05) is 115 Å². The molecule has 4 saturated heterocycles. The predicted molar refractivity (Wildman–Crippen MR) is 553 cm³/mol. The summed E-state index contributed by atoms with van der Waals surface area (Å²) >= 11 is 0. The van der Waals surface area contributed by atoms with Crippen molar-refractivity contribution >= 4 is 114 Å². The van der Waals surface area contributed by atoms with E-state index in [1.54, 1.807) is 31.2 Å². The number of hydrogen-bond donors (Lipinski definition) is 12. The predicted octanol–water partition coefficient (Wildman–Crippen LogP) is 15.5. The van der Waals surface area contributed by atoms with Crippen LogP contribution in [0.2, 0.25) is 0 Å². The van der Waals surface area contributed by atoms with Crippen LogP contribution in [0.1, 0.15) is 22.8 Å². The fourth-order valence-electron chi connectivity index (χ4n) is 17.5. The molecule has 4 aliphatic heterocycles. The minimum Gasteiger partial charge on any atom is -0.378 e. The number of fused-ring (bicyclic) bond motifs is 4. The van der Waals surface area contributed by atoms with Crippen molar-refractivity contribution in [2.75, 3.05) is 146 Å². The summed E-state index contributed by atoms with van der Waals surface area (Å²) in [6, 6.07) is 79.9. The third kappa shape index (κ3) is 22.3. The van der Waals surface area contributed by atoms with Gasteiger partial charge in [-0.05, 0) is 145 Å². The highest BCUT2D eigenvalue weighted by atomic mass is 16.5. The van der Waals surface area contributed by atoms with E-state index in [0.29, 0.717) is 62.5 Å². The topological polar surface area (TPSA) is 460 Å². The Kier molecular flexibility index (Phi) is 27.9. The van der Waals surface area contributed by atoms with Crippen LogP contribution >= 0.6 is 0 Å². The lowest BCUT2D eigenvalue weighted by Crippen LogP contribution is -2.36. The van der Waals surface area contributed by atoms with E-state index in [2.05, 4.69) is 154 Å². The largest absolute Gasteiger partial charge is 0.378 e. The number of ether oxygens (including phenoxy) is 4. The van der Waals surface area contributed by atoms with Crippen LogP contribution in [0.5, 0.6) is 0 Å². The van der Waals surface area contributed by atoms with Gasteiger partial charge in [0.05, 0.1) is 118 Å². The van der Waals surface area contributed by atoms with Crippen molar-refractivity contribution in [2.45, 2.75) is 25.7 Å². The fourth-order valence-corrected chi connectivity index (χ4v) is 17.5. The van der Waals surface area contributed by atoms with E-state index in [1.165, 1.54) is 0 Å². The van der Waals surface area contributed by atoms with E-state index in [0.717, 1.165) is 246 Å². The standard InChI is InChI=1S/C28H26N6O2.C27H25N7O2.2C26H24N8O2/c35-27(17-22-16-26(33-32-22)19-4-2-1-3-5-19)30-21-8-6-20(7-9-21)25-18-23-24(31-25)10-11-29-28(23)34-12-14-36-15-13-34;35-25(15-21-14-24(33-32-21)18-4-2-1-3-5-18)30-20-8-6-19(7-9-20)23-16-22-26(31-23)28-17-29-27(22)34-10-12-36-13-11-34;35-23(16-20-15-22(33-32-20)17-5-8-27-9-6-17)29-19-3-1-18(2-4-19)25-30-21-7-10-28-26(24(21)31-25)34-11-13-36-14-12-34;35-22(15-20-14-21(33-32-20)17-4-2-1-3-5-17)29-19-8-6-18(7-9-19)24-30-23-25(31-24)27-16-28-26(23)34-10-12-36-13-11-34/h1-11,16,18,31H,12-15,17H2,(H,30,35)(H,32,33);1-9,14,16-17H,10-13,15H2,(H,30,35)(H,32,33)(H,28,29,31);1-10,15H,11-14,16H2,(H,29,35)(H,30,31)(H,32,33);1-9,14,16H,10-13,15H2,(H,29,35)(H,32,33)(H,27,28,30,31). The number of nitrogens with zero attached hydrogens (tertiary/aromatic N) is 17. The highest BCUT2D eigenvalue weighted by Crippen LogP contribution is 2.36. The summed E-state index contributed by atoms with van der Waals surface area (Å²) in [4.78, 5) is 113. The molecule has 37 nitrogen and oxygen atoms in total. The molecule has 0 bridgehead atoms. The molecule has 0 aliphatic carbocycles. The van der Waals surface area contributed by atoms with Crippen LogP contribution in [0.15, 0.2) is 286 Å². The van der Waals surface area contributed by atoms with Gasteiger partial charge in [-0.15, -0.1) is 0 Å². The van der Waals surface area contributed by atoms with Gasteiger partial charge < -0.3 is 79.8 Å². The molecular weight excluding hydrogens is 1820 g/mol. The lowest BCUT2D eigenvalue weighted by molar-refractivity contribution is -0.116. The van der Waals surface area contributed by atoms with E-state index < -0.39 is 0 Å². The molecule has 0 atom stereocenters. The average molecular weight is 1920 g/mol. The van der Waals surface area contributed by atoms with Crippen LogP contribution in [-0.2, 0) is 63.8 Å². The number of rotatable bonds is 24. The summed E-state index contributed by atoms with van der Waals surface area (Å²) in [6.07, 6.45) is 11.0.